The monoisotopic (exact) mass is 337 g/mol. The number of rotatable bonds is 3. The van der Waals surface area contributed by atoms with Gasteiger partial charge in [0.25, 0.3) is 0 Å². The van der Waals surface area contributed by atoms with Crippen molar-refractivity contribution in [1.82, 2.24) is 5.32 Å². The van der Waals surface area contributed by atoms with Crippen molar-refractivity contribution in [3.63, 3.8) is 0 Å². The van der Waals surface area contributed by atoms with Crippen molar-refractivity contribution < 1.29 is 4.74 Å². The van der Waals surface area contributed by atoms with E-state index < -0.39 is 0 Å². The zero-order chi connectivity index (χ0) is 13.4. The Morgan fingerprint density at radius 3 is 2.84 bits per heavy atom. The second-order valence-electron chi connectivity index (χ2n) is 4.79. The lowest BCUT2D eigenvalue weighted by Gasteiger charge is -2.21. The van der Waals surface area contributed by atoms with E-state index in [-0.39, 0.29) is 12.1 Å². The van der Waals surface area contributed by atoms with Gasteiger partial charge in [0.05, 0.1) is 6.04 Å². The van der Waals surface area contributed by atoms with Crippen molar-refractivity contribution in [2.45, 2.75) is 25.5 Å². The lowest BCUT2D eigenvalue weighted by atomic mass is 10.0. The Bertz CT molecular complexity index is 551. The first-order valence-corrected chi connectivity index (χ1v) is 7.97. The van der Waals surface area contributed by atoms with Crippen LogP contribution in [0.15, 0.2) is 34.8 Å². The number of fused-ring (bicyclic) bond motifs is 1. The van der Waals surface area contributed by atoms with E-state index in [1.54, 1.807) is 0 Å². The molecule has 1 aromatic heterocycles. The van der Waals surface area contributed by atoms with E-state index in [2.05, 4.69) is 52.4 Å². The van der Waals surface area contributed by atoms with Crippen molar-refractivity contribution >= 4 is 27.3 Å². The van der Waals surface area contributed by atoms with Gasteiger partial charge in [-0.15, -0.1) is 11.3 Å². The van der Waals surface area contributed by atoms with Gasteiger partial charge in [-0.3, -0.25) is 0 Å². The van der Waals surface area contributed by atoms with Gasteiger partial charge in [-0.1, -0.05) is 18.2 Å². The summed E-state index contributed by atoms with van der Waals surface area (Å²) in [6.45, 7) is 2.13. The van der Waals surface area contributed by atoms with Crippen LogP contribution in [0.1, 0.15) is 21.4 Å². The minimum Gasteiger partial charge on any atom is -0.488 e. The van der Waals surface area contributed by atoms with E-state index in [4.69, 9.17) is 4.74 Å². The number of halogens is 1. The van der Waals surface area contributed by atoms with Crippen molar-refractivity contribution in [2.75, 3.05) is 7.05 Å². The van der Waals surface area contributed by atoms with Crippen molar-refractivity contribution in [1.29, 1.82) is 0 Å². The number of nitrogens with one attached hydrogen (secondary N) is 1. The van der Waals surface area contributed by atoms with Crippen LogP contribution in [0, 0.1) is 6.92 Å². The molecule has 0 saturated carbocycles. The summed E-state index contributed by atoms with van der Waals surface area (Å²) < 4.78 is 7.28. The quantitative estimate of drug-likeness (QED) is 0.910. The number of hydrogen-bond donors (Lipinski definition) is 1. The Hall–Kier alpha value is -0.840. The highest BCUT2D eigenvalue weighted by atomic mass is 79.9. The van der Waals surface area contributed by atoms with Crippen molar-refractivity contribution in [2.24, 2.45) is 0 Å². The highest BCUT2D eigenvalue weighted by Crippen LogP contribution is 2.37. The zero-order valence-corrected chi connectivity index (χ0v) is 13.3. The molecule has 2 heterocycles. The van der Waals surface area contributed by atoms with Gasteiger partial charge in [0.1, 0.15) is 11.9 Å². The molecule has 1 aliphatic heterocycles. The van der Waals surface area contributed by atoms with Crippen molar-refractivity contribution in [3.05, 3.63) is 50.1 Å². The van der Waals surface area contributed by atoms with E-state index in [1.165, 1.54) is 19.8 Å². The summed E-state index contributed by atoms with van der Waals surface area (Å²) in [5.41, 5.74) is 1.31. The van der Waals surface area contributed by atoms with Crippen molar-refractivity contribution in [3.8, 4) is 5.75 Å². The number of hydrogen-bond acceptors (Lipinski definition) is 3. The molecule has 0 radical (unpaired) electrons. The molecule has 0 fully saturated rings. The van der Waals surface area contributed by atoms with Crippen LogP contribution < -0.4 is 10.1 Å². The first-order valence-electron chi connectivity index (χ1n) is 6.36. The predicted octanol–water partition coefficient (Wildman–Crippen LogP) is 4.08. The third-order valence-electron chi connectivity index (χ3n) is 3.54. The second-order valence-corrected chi connectivity index (χ2v) is 6.93. The molecule has 3 rings (SSSR count). The lowest BCUT2D eigenvalue weighted by molar-refractivity contribution is 0.185. The number of thiophene rings is 1. The number of likely N-dealkylation sites (N-methyl/N-ethyl adjacent to an activating group) is 1. The van der Waals surface area contributed by atoms with Gasteiger partial charge in [0.2, 0.25) is 0 Å². The zero-order valence-electron chi connectivity index (χ0n) is 10.9. The molecule has 2 atom stereocenters. The molecule has 4 heteroatoms. The van der Waals surface area contributed by atoms with Crippen LogP contribution in [0.3, 0.4) is 0 Å². The molecule has 19 heavy (non-hydrogen) atoms. The molecule has 0 saturated heterocycles. The summed E-state index contributed by atoms with van der Waals surface area (Å²) in [6.07, 6.45) is 1.14. The molecule has 2 nitrogen and oxygen atoms in total. The Morgan fingerprint density at radius 2 is 2.21 bits per heavy atom. The summed E-state index contributed by atoms with van der Waals surface area (Å²) in [5.74, 6) is 1.03. The van der Waals surface area contributed by atoms with E-state index in [1.807, 2.05) is 24.5 Å². The third-order valence-corrected chi connectivity index (χ3v) is 5.76. The Labute approximate surface area is 125 Å². The highest BCUT2D eigenvalue weighted by Gasteiger charge is 2.31. The summed E-state index contributed by atoms with van der Waals surface area (Å²) in [6, 6.07) is 10.7. The average molecular weight is 338 g/mol. The van der Waals surface area contributed by atoms with Gasteiger partial charge in [0.15, 0.2) is 0 Å². The molecule has 0 spiro atoms. The van der Waals surface area contributed by atoms with Crippen LogP contribution in [0.4, 0.5) is 0 Å². The maximum atomic E-state index is 6.09. The van der Waals surface area contributed by atoms with Gasteiger partial charge in [-0.25, -0.2) is 0 Å². The number of para-hydroxylation sites is 1. The maximum Gasteiger partial charge on any atom is 0.123 e. The van der Waals surface area contributed by atoms with Crippen LogP contribution in [-0.4, -0.2) is 13.2 Å². The van der Waals surface area contributed by atoms with E-state index in [0.717, 1.165) is 12.2 Å². The SMILES string of the molecule is CNC(c1cc(Br)c(C)s1)C1Cc2ccccc2O1. The van der Waals surface area contributed by atoms with Gasteiger partial charge in [-0.05, 0) is 47.6 Å². The number of aryl methyl sites for hydroxylation is 1. The second kappa shape index (κ2) is 5.27. The largest absolute Gasteiger partial charge is 0.488 e. The Balaban J connectivity index is 1.85. The summed E-state index contributed by atoms with van der Waals surface area (Å²) in [7, 11) is 2.00. The smallest absolute Gasteiger partial charge is 0.123 e. The minimum absolute atomic E-state index is 0.173. The van der Waals surface area contributed by atoms with Crippen LogP contribution >= 0.6 is 27.3 Å². The summed E-state index contributed by atoms with van der Waals surface area (Å²) >= 11 is 5.42. The van der Waals surface area contributed by atoms with E-state index in [9.17, 15) is 0 Å². The van der Waals surface area contributed by atoms with Crippen LogP contribution in [0.2, 0.25) is 0 Å². The standard InChI is InChI=1S/C15H16BrNOS/c1-9-11(16)8-14(19-9)15(17-2)13-7-10-5-3-4-6-12(10)18-13/h3-6,8,13,15,17H,7H2,1-2H3. The Kier molecular flexibility index (Phi) is 3.65. The number of ether oxygens (including phenoxy) is 1. The molecular formula is C15H16BrNOS. The van der Waals surface area contributed by atoms with E-state index >= 15 is 0 Å². The van der Waals surface area contributed by atoms with Gasteiger partial charge in [-0.2, -0.15) is 0 Å². The molecule has 2 unspecified atom stereocenters. The topological polar surface area (TPSA) is 21.3 Å². The average Bonchev–Trinajstić information content (AvgIpc) is 2.95. The van der Waals surface area contributed by atoms with Gasteiger partial charge < -0.3 is 10.1 Å². The first-order chi connectivity index (χ1) is 9.19. The van der Waals surface area contributed by atoms with Gasteiger partial charge in [0, 0.05) is 20.6 Å². The molecule has 2 aromatic rings. The minimum atomic E-state index is 0.173. The predicted molar refractivity (Wildman–Crippen MR) is 83.1 cm³/mol. The third kappa shape index (κ3) is 2.45. The summed E-state index contributed by atoms with van der Waals surface area (Å²) in [5, 5.41) is 3.40. The molecule has 0 bridgehead atoms. The molecule has 0 amide bonds. The summed E-state index contributed by atoms with van der Waals surface area (Å²) in [4.78, 5) is 2.63. The molecule has 0 aliphatic carbocycles. The fourth-order valence-electron chi connectivity index (χ4n) is 2.54. The molecule has 1 aliphatic rings. The molecular weight excluding hydrogens is 322 g/mol. The lowest BCUT2D eigenvalue weighted by Crippen LogP contribution is -2.32. The van der Waals surface area contributed by atoms with E-state index in [0.29, 0.717) is 0 Å². The number of benzene rings is 1. The van der Waals surface area contributed by atoms with Crippen LogP contribution in [-0.2, 0) is 6.42 Å². The molecule has 100 valence electrons. The first kappa shape index (κ1) is 13.2. The fraction of sp³-hybridized carbons (Fsp3) is 0.333. The van der Waals surface area contributed by atoms with Crippen LogP contribution in [0.5, 0.6) is 5.75 Å². The Morgan fingerprint density at radius 1 is 1.42 bits per heavy atom. The van der Waals surface area contributed by atoms with Gasteiger partial charge >= 0.3 is 0 Å². The molecule has 1 N–H and O–H groups in total. The molecule has 1 aromatic carbocycles. The highest BCUT2D eigenvalue weighted by molar-refractivity contribution is 9.10. The maximum absolute atomic E-state index is 6.09. The normalized spacial score (nSPS) is 19.0. The van der Waals surface area contributed by atoms with Crippen LogP contribution in [0.25, 0.3) is 0 Å². The fourth-order valence-corrected chi connectivity index (χ4v) is 4.27.